The molecule has 10 nitrogen and oxygen atoms in total. The molecule has 3 aromatic carbocycles. The Labute approximate surface area is 233 Å². The van der Waals surface area contributed by atoms with Crippen LogP contribution in [0.15, 0.2) is 89.9 Å². The molecule has 0 saturated heterocycles. The Balaban J connectivity index is 2.11. The molecule has 2 amide bonds. The van der Waals surface area contributed by atoms with E-state index in [1.165, 1.54) is 12.0 Å². The number of carbonyl (C=O) groups is 3. The van der Waals surface area contributed by atoms with Crippen LogP contribution in [0.5, 0.6) is 5.75 Å². The van der Waals surface area contributed by atoms with Gasteiger partial charge < -0.3 is 31.5 Å². The SMILES string of the molecule is COc1ccccc1CN(C(=O)C(c1ccccc1)c1ccccc1)[C@@H](CCCN=C(N)N)C(=O)NCC(=O)O. The van der Waals surface area contributed by atoms with Gasteiger partial charge in [-0.15, -0.1) is 0 Å². The van der Waals surface area contributed by atoms with Crippen LogP contribution >= 0.6 is 0 Å². The number of ether oxygens (including phenoxy) is 1. The minimum atomic E-state index is -1.19. The van der Waals surface area contributed by atoms with Gasteiger partial charge in [0.15, 0.2) is 5.96 Å². The average Bonchev–Trinajstić information content (AvgIpc) is 2.96. The Morgan fingerprint density at radius 3 is 2.05 bits per heavy atom. The Morgan fingerprint density at radius 1 is 0.925 bits per heavy atom. The minimum absolute atomic E-state index is 0.0481. The molecule has 0 aromatic heterocycles. The van der Waals surface area contributed by atoms with E-state index in [9.17, 15) is 19.5 Å². The van der Waals surface area contributed by atoms with Gasteiger partial charge in [-0.1, -0.05) is 78.9 Å². The summed E-state index contributed by atoms with van der Waals surface area (Å²) in [6, 6.07) is 24.9. The fraction of sp³-hybridized carbons (Fsp3) is 0.267. The second-order valence-electron chi connectivity index (χ2n) is 9.11. The Kier molecular flexibility index (Phi) is 11.1. The zero-order valence-corrected chi connectivity index (χ0v) is 22.4. The lowest BCUT2D eigenvalue weighted by Crippen LogP contribution is -2.51. The first-order chi connectivity index (χ1) is 19.3. The number of hydrogen-bond donors (Lipinski definition) is 4. The van der Waals surface area contributed by atoms with Crippen LogP contribution in [-0.4, -0.2) is 60.0 Å². The number of aliphatic imine (C=N–C) groups is 1. The van der Waals surface area contributed by atoms with Crippen LogP contribution < -0.4 is 21.5 Å². The molecule has 0 saturated carbocycles. The number of benzene rings is 3. The fourth-order valence-corrected chi connectivity index (χ4v) is 4.50. The summed E-state index contributed by atoms with van der Waals surface area (Å²) in [4.78, 5) is 44.8. The number of aliphatic carboxylic acids is 1. The van der Waals surface area contributed by atoms with E-state index in [1.807, 2.05) is 78.9 Å². The lowest BCUT2D eigenvalue weighted by Gasteiger charge is -2.34. The molecule has 0 fully saturated rings. The monoisotopic (exact) mass is 545 g/mol. The van der Waals surface area contributed by atoms with E-state index in [-0.39, 0.29) is 31.4 Å². The van der Waals surface area contributed by atoms with E-state index in [0.717, 1.165) is 11.1 Å². The van der Waals surface area contributed by atoms with Crippen molar-refractivity contribution < 1.29 is 24.2 Å². The highest BCUT2D eigenvalue weighted by Crippen LogP contribution is 2.30. The number of hydrogen-bond acceptors (Lipinski definition) is 5. The Hall–Kier alpha value is -4.86. The van der Waals surface area contributed by atoms with Crippen molar-refractivity contribution in [3.63, 3.8) is 0 Å². The van der Waals surface area contributed by atoms with Gasteiger partial charge in [-0.25, -0.2) is 0 Å². The average molecular weight is 546 g/mol. The molecular weight excluding hydrogens is 510 g/mol. The molecule has 0 radical (unpaired) electrons. The number of carbonyl (C=O) groups excluding carboxylic acids is 2. The van der Waals surface area contributed by atoms with Gasteiger partial charge in [0.2, 0.25) is 11.8 Å². The topological polar surface area (TPSA) is 160 Å². The third-order valence-corrected chi connectivity index (χ3v) is 6.35. The highest BCUT2D eigenvalue weighted by atomic mass is 16.5. The van der Waals surface area contributed by atoms with Crippen LogP contribution in [-0.2, 0) is 20.9 Å². The second-order valence-corrected chi connectivity index (χ2v) is 9.11. The van der Waals surface area contributed by atoms with Crippen molar-refractivity contribution >= 4 is 23.7 Å². The molecule has 0 spiro atoms. The quantitative estimate of drug-likeness (QED) is 0.137. The highest BCUT2D eigenvalue weighted by molar-refractivity contribution is 5.93. The first kappa shape index (κ1) is 29.7. The van der Waals surface area contributed by atoms with Gasteiger partial charge in [-0.3, -0.25) is 19.4 Å². The lowest BCUT2D eigenvalue weighted by atomic mass is 9.89. The third-order valence-electron chi connectivity index (χ3n) is 6.35. The van der Waals surface area contributed by atoms with E-state index in [0.29, 0.717) is 17.7 Å². The molecule has 0 unspecified atom stereocenters. The van der Waals surface area contributed by atoms with Gasteiger partial charge in [0.25, 0.3) is 0 Å². The van der Waals surface area contributed by atoms with Gasteiger partial charge in [0.1, 0.15) is 18.3 Å². The number of carboxylic acid groups (broad SMARTS) is 1. The van der Waals surface area contributed by atoms with Gasteiger partial charge >= 0.3 is 5.97 Å². The van der Waals surface area contributed by atoms with Crippen molar-refractivity contribution in [2.45, 2.75) is 31.3 Å². The molecule has 6 N–H and O–H groups in total. The smallest absolute Gasteiger partial charge is 0.322 e. The van der Waals surface area contributed by atoms with E-state index in [4.69, 9.17) is 16.2 Å². The number of nitrogens with two attached hydrogens (primary N) is 2. The van der Waals surface area contributed by atoms with Crippen LogP contribution in [0.4, 0.5) is 0 Å². The summed E-state index contributed by atoms with van der Waals surface area (Å²) >= 11 is 0. The minimum Gasteiger partial charge on any atom is -0.496 e. The molecular formula is C30H35N5O5. The maximum Gasteiger partial charge on any atom is 0.322 e. The van der Waals surface area contributed by atoms with Crippen molar-refractivity contribution in [1.82, 2.24) is 10.2 Å². The van der Waals surface area contributed by atoms with E-state index in [1.54, 1.807) is 6.07 Å². The van der Waals surface area contributed by atoms with Gasteiger partial charge in [0.05, 0.1) is 19.6 Å². The molecule has 0 bridgehead atoms. The van der Waals surface area contributed by atoms with Crippen LogP contribution in [0, 0.1) is 0 Å². The molecule has 0 heterocycles. The second kappa shape index (κ2) is 14.9. The lowest BCUT2D eigenvalue weighted by molar-refractivity contribution is -0.143. The van der Waals surface area contributed by atoms with Crippen LogP contribution in [0.2, 0.25) is 0 Å². The summed E-state index contributed by atoms with van der Waals surface area (Å²) in [6.45, 7) is -0.296. The number of para-hydroxylation sites is 1. The Bertz CT molecular complexity index is 1260. The van der Waals surface area contributed by atoms with Crippen molar-refractivity contribution in [2.24, 2.45) is 16.5 Å². The maximum atomic E-state index is 14.6. The predicted molar refractivity (Wildman–Crippen MR) is 153 cm³/mol. The first-order valence-electron chi connectivity index (χ1n) is 12.9. The number of amides is 2. The zero-order chi connectivity index (χ0) is 28.9. The molecule has 1 atom stereocenters. The predicted octanol–water partition coefficient (Wildman–Crippen LogP) is 2.48. The number of methoxy groups -OCH3 is 1. The summed E-state index contributed by atoms with van der Waals surface area (Å²) in [5, 5.41) is 11.7. The molecule has 3 rings (SSSR count). The van der Waals surface area contributed by atoms with E-state index < -0.39 is 30.4 Å². The summed E-state index contributed by atoms with van der Waals surface area (Å²) in [5.41, 5.74) is 13.1. The van der Waals surface area contributed by atoms with E-state index in [2.05, 4.69) is 10.3 Å². The number of carboxylic acids is 1. The maximum absolute atomic E-state index is 14.6. The molecule has 40 heavy (non-hydrogen) atoms. The molecule has 0 aliphatic rings. The van der Waals surface area contributed by atoms with Crippen molar-refractivity contribution in [1.29, 1.82) is 0 Å². The number of rotatable bonds is 14. The largest absolute Gasteiger partial charge is 0.496 e. The van der Waals surface area contributed by atoms with E-state index >= 15 is 0 Å². The number of guanidine groups is 1. The van der Waals surface area contributed by atoms with Crippen LogP contribution in [0.1, 0.15) is 35.4 Å². The van der Waals surface area contributed by atoms with Gasteiger partial charge in [0, 0.05) is 12.1 Å². The van der Waals surface area contributed by atoms with Crippen LogP contribution in [0.25, 0.3) is 0 Å². The van der Waals surface area contributed by atoms with Gasteiger partial charge in [-0.2, -0.15) is 0 Å². The molecule has 3 aromatic rings. The normalized spacial score (nSPS) is 11.3. The molecule has 10 heteroatoms. The molecule has 210 valence electrons. The molecule has 0 aliphatic heterocycles. The summed E-state index contributed by atoms with van der Waals surface area (Å²) in [5.74, 6) is -2.34. The van der Waals surface area contributed by atoms with Gasteiger partial charge in [-0.05, 0) is 30.0 Å². The number of nitrogens with zero attached hydrogens (tertiary/aromatic N) is 2. The molecule has 0 aliphatic carbocycles. The fourth-order valence-electron chi connectivity index (χ4n) is 4.50. The Morgan fingerprint density at radius 2 is 1.50 bits per heavy atom. The third kappa shape index (κ3) is 8.32. The van der Waals surface area contributed by atoms with Crippen molar-refractivity contribution in [2.75, 3.05) is 20.2 Å². The standard InChI is InChI=1S/C30H35N5O5/c1-40-25-17-9-8-15-23(25)20-35(24(16-10-18-33-30(31)32)28(38)34-19-26(36)37)29(39)27(21-11-4-2-5-12-21)22-13-6-3-7-14-22/h2-9,11-15,17,24,27H,10,16,18-20H2,1H3,(H,34,38)(H,36,37)(H4,31,32,33)/t24-/m0/s1. The van der Waals surface area contributed by atoms with Crippen molar-refractivity contribution in [3.05, 3.63) is 102 Å². The summed E-state index contributed by atoms with van der Waals surface area (Å²) < 4.78 is 5.54. The summed E-state index contributed by atoms with van der Waals surface area (Å²) in [6.07, 6.45) is 0.569. The summed E-state index contributed by atoms with van der Waals surface area (Å²) in [7, 11) is 1.54. The van der Waals surface area contributed by atoms with Crippen LogP contribution in [0.3, 0.4) is 0 Å². The number of nitrogens with one attached hydrogen (secondary N) is 1. The highest BCUT2D eigenvalue weighted by Gasteiger charge is 2.35. The first-order valence-corrected chi connectivity index (χ1v) is 12.9. The van der Waals surface area contributed by atoms with Crippen molar-refractivity contribution in [3.8, 4) is 5.75 Å². The zero-order valence-electron chi connectivity index (χ0n) is 22.4.